The molecule has 1 saturated heterocycles. The summed E-state index contributed by atoms with van der Waals surface area (Å²) in [5.74, 6) is -0.954. The van der Waals surface area contributed by atoms with Gasteiger partial charge < -0.3 is 24.9 Å². The summed E-state index contributed by atoms with van der Waals surface area (Å²) in [4.78, 5) is 21.6. The molecule has 0 radical (unpaired) electrons. The lowest BCUT2D eigenvalue weighted by Gasteiger charge is -2.34. The lowest BCUT2D eigenvalue weighted by molar-refractivity contribution is -0.900. The lowest BCUT2D eigenvalue weighted by Crippen LogP contribution is -3.15. The van der Waals surface area contributed by atoms with Gasteiger partial charge in [-0.05, 0) is 18.2 Å². The van der Waals surface area contributed by atoms with E-state index in [1.54, 1.807) is 0 Å². The van der Waals surface area contributed by atoms with Crippen LogP contribution in [0.15, 0.2) is 24.4 Å². The molecule has 0 saturated carbocycles. The molecule has 25 heavy (non-hydrogen) atoms. The zero-order chi connectivity index (χ0) is 18.0. The minimum atomic E-state index is -0.954. The molecule has 134 valence electrons. The number of piperazine rings is 1. The molecular weight excluding hydrogens is 320 g/mol. The number of hydrogen-bond donors (Lipinski definition) is 3. The first-order chi connectivity index (χ1) is 12.0. The summed E-state index contributed by atoms with van der Waals surface area (Å²) < 4.78 is 0. The van der Waals surface area contributed by atoms with E-state index in [4.69, 9.17) is 5.11 Å². The molecule has 3 rings (SSSR count). The van der Waals surface area contributed by atoms with E-state index in [9.17, 15) is 9.90 Å². The molecule has 7 heteroatoms. The summed E-state index contributed by atoms with van der Waals surface area (Å²) in [6, 6.07) is 5.94. The summed E-state index contributed by atoms with van der Waals surface area (Å²) in [5.41, 5.74) is 2.82. The van der Waals surface area contributed by atoms with Gasteiger partial charge in [0.15, 0.2) is 0 Å². The van der Waals surface area contributed by atoms with Gasteiger partial charge in [-0.2, -0.15) is 0 Å². The first kappa shape index (κ1) is 17.4. The number of nitrogens with one attached hydrogen (secondary N) is 1. The predicted octanol–water partition coefficient (Wildman–Crippen LogP) is -0.304. The van der Waals surface area contributed by atoms with Crippen molar-refractivity contribution in [1.82, 2.24) is 4.98 Å². The highest BCUT2D eigenvalue weighted by Crippen LogP contribution is 2.32. The molecule has 1 aliphatic rings. The number of carboxylic acid groups (broad SMARTS) is 1. The van der Waals surface area contributed by atoms with Gasteiger partial charge in [-0.25, -0.2) is 4.79 Å². The average Bonchev–Trinajstić information content (AvgIpc) is 2.61. The highest BCUT2D eigenvalue weighted by Gasteiger charge is 2.25. The summed E-state index contributed by atoms with van der Waals surface area (Å²) in [6.45, 7) is 4.22. The van der Waals surface area contributed by atoms with Crippen LogP contribution in [0.4, 0.5) is 11.4 Å². The van der Waals surface area contributed by atoms with E-state index in [0.717, 1.165) is 55.0 Å². The van der Waals surface area contributed by atoms with Gasteiger partial charge in [-0.1, -0.05) is 0 Å². The van der Waals surface area contributed by atoms with Crippen molar-refractivity contribution in [2.45, 2.75) is 0 Å². The fraction of sp³-hybridized carbons (Fsp3) is 0.444. The van der Waals surface area contributed by atoms with Crippen LogP contribution in [0.5, 0.6) is 0 Å². The Balaban J connectivity index is 2.05. The molecule has 2 heterocycles. The number of aliphatic hydroxyl groups excluding tert-OH is 1. The number of nitrogens with zero attached hydrogens (tertiary/aromatic N) is 3. The minimum absolute atomic E-state index is 0.181. The number of aromatic carboxylic acids is 1. The molecule has 2 aromatic rings. The minimum Gasteiger partial charge on any atom is -0.478 e. The Labute approximate surface area is 147 Å². The van der Waals surface area contributed by atoms with E-state index in [2.05, 4.69) is 9.88 Å². The zero-order valence-electron chi connectivity index (χ0n) is 14.7. The van der Waals surface area contributed by atoms with Gasteiger partial charge in [0.25, 0.3) is 0 Å². The van der Waals surface area contributed by atoms with Gasteiger partial charge in [-0.15, -0.1) is 0 Å². The predicted molar refractivity (Wildman–Crippen MR) is 97.9 cm³/mol. The molecule has 1 aromatic carbocycles. The van der Waals surface area contributed by atoms with Gasteiger partial charge in [0, 0.05) is 31.4 Å². The summed E-state index contributed by atoms with van der Waals surface area (Å²) >= 11 is 0. The highest BCUT2D eigenvalue weighted by atomic mass is 16.4. The zero-order valence-corrected chi connectivity index (χ0v) is 14.7. The number of benzene rings is 1. The normalized spacial score (nSPS) is 15.6. The number of carbonyl (C=O) groups is 1. The maximum atomic E-state index is 11.8. The number of carboxylic acids is 1. The van der Waals surface area contributed by atoms with E-state index < -0.39 is 5.97 Å². The van der Waals surface area contributed by atoms with Crippen molar-refractivity contribution in [2.75, 3.05) is 63.2 Å². The van der Waals surface area contributed by atoms with Gasteiger partial charge in [0.2, 0.25) is 0 Å². The quantitative estimate of drug-likeness (QED) is 0.690. The van der Waals surface area contributed by atoms with Gasteiger partial charge in [0.05, 0.1) is 44.0 Å². The number of quaternary nitrogens is 1. The third kappa shape index (κ3) is 3.52. The Hall–Kier alpha value is -2.38. The largest absolute Gasteiger partial charge is 0.478 e. The van der Waals surface area contributed by atoms with Crippen LogP contribution < -0.4 is 14.7 Å². The number of aliphatic hydroxyl groups is 1. The molecule has 3 N–H and O–H groups in total. The molecule has 0 unspecified atom stereocenters. The van der Waals surface area contributed by atoms with Crippen molar-refractivity contribution < 1.29 is 19.9 Å². The second-order valence-corrected chi connectivity index (χ2v) is 6.63. The van der Waals surface area contributed by atoms with Crippen molar-refractivity contribution >= 4 is 28.2 Å². The molecule has 1 aliphatic heterocycles. The van der Waals surface area contributed by atoms with Crippen LogP contribution >= 0.6 is 0 Å². The topological polar surface area (TPSA) is 81.3 Å². The van der Waals surface area contributed by atoms with E-state index in [0.29, 0.717) is 0 Å². The summed E-state index contributed by atoms with van der Waals surface area (Å²) in [5, 5.41) is 19.6. The van der Waals surface area contributed by atoms with Crippen molar-refractivity contribution in [3.05, 3.63) is 30.0 Å². The average molecular weight is 345 g/mol. The van der Waals surface area contributed by atoms with Crippen molar-refractivity contribution in [3.63, 3.8) is 0 Å². The fourth-order valence-electron chi connectivity index (χ4n) is 3.40. The molecule has 0 spiro atoms. The van der Waals surface area contributed by atoms with Crippen LogP contribution in [0.3, 0.4) is 0 Å². The van der Waals surface area contributed by atoms with Crippen LogP contribution in [0.25, 0.3) is 10.9 Å². The third-order valence-corrected chi connectivity index (χ3v) is 4.82. The van der Waals surface area contributed by atoms with Crippen LogP contribution in [0, 0.1) is 0 Å². The van der Waals surface area contributed by atoms with Crippen LogP contribution in [0.1, 0.15) is 10.4 Å². The van der Waals surface area contributed by atoms with Gasteiger partial charge in [0.1, 0.15) is 12.1 Å². The number of anilines is 2. The van der Waals surface area contributed by atoms with Crippen molar-refractivity contribution in [2.24, 2.45) is 0 Å². The molecule has 1 fully saturated rings. The van der Waals surface area contributed by atoms with Crippen LogP contribution in [0.2, 0.25) is 0 Å². The van der Waals surface area contributed by atoms with Gasteiger partial charge in [-0.3, -0.25) is 4.98 Å². The summed E-state index contributed by atoms with van der Waals surface area (Å²) in [7, 11) is 3.93. The lowest BCUT2D eigenvalue weighted by atomic mass is 10.1. The molecule has 0 amide bonds. The number of rotatable bonds is 5. The molecule has 0 atom stereocenters. The fourth-order valence-corrected chi connectivity index (χ4v) is 3.40. The molecule has 1 aromatic heterocycles. The maximum absolute atomic E-state index is 11.8. The van der Waals surface area contributed by atoms with E-state index in [1.165, 1.54) is 11.1 Å². The van der Waals surface area contributed by atoms with Crippen LogP contribution in [-0.4, -0.2) is 74.6 Å². The van der Waals surface area contributed by atoms with E-state index >= 15 is 0 Å². The molecular formula is C18H25N4O3+. The highest BCUT2D eigenvalue weighted by molar-refractivity contribution is 6.05. The molecule has 0 bridgehead atoms. The number of aromatic nitrogens is 1. The van der Waals surface area contributed by atoms with Crippen molar-refractivity contribution in [1.29, 1.82) is 0 Å². The Bertz CT molecular complexity index is 770. The smallest absolute Gasteiger partial charge is 0.339 e. The second-order valence-electron chi connectivity index (χ2n) is 6.63. The Kier molecular flexibility index (Phi) is 5.06. The maximum Gasteiger partial charge on any atom is 0.339 e. The van der Waals surface area contributed by atoms with Crippen LogP contribution in [-0.2, 0) is 0 Å². The number of pyridine rings is 1. The number of hydrogen-bond acceptors (Lipinski definition) is 5. The standard InChI is InChI=1S/C18H24N4O3/c1-20(2)13-3-4-16-14(11-13)17(15(12-19-16)18(24)25)22-7-5-21(6-8-22)9-10-23/h3-4,11-12,23H,5-10H2,1-2H3,(H,24,25)/p+1. The first-order valence-corrected chi connectivity index (χ1v) is 8.54. The third-order valence-electron chi connectivity index (χ3n) is 4.82. The SMILES string of the molecule is CN(C)c1ccc2ncc(C(=O)O)c(N3CC[NH+](CCO)CC3)c2c1. The first-order valence-electron chi connectivity index (χ1n) is 8.54. The van der Waals surface area contributed by atoms with E-state index in [1.807, 2.05) is 37.2 Å². The monoisotopic (exact) mass is 345 g/mol. The van der Waals surface area contributed by atoms with E-state index in [-0.39, 0.29) is 12.2 Å². The Morgan fingerprint density at radius 2 is 2.04 bits per heavy atom. The molecule has 7 nitrogen and oxygen atoms in total. The molecule has 0 aliphatic carbocycles. The summed E-state index contributed by atoms with van der Waals surface area (Å²) in [6.07, 6.45) is 1.46. The van der Waals surface area contributed by atoms with Crippen molar-refractivity contribution in [3.8, 4) is 0 Å². The van der Waals surface area contributed by atoms with Gasteiger partial charge >= 0.3 is 5.97 Å². The number of fused-ring (bicyclic) bond motifs is 1. The second kappa shape index (κ2) is 7.25. The Morgan fingerprint density at radius 3 is 2.64 bits per heavy atom. The Morgan fingerprint density at radius 1 is 1.32 bits per heavy atom.